The summed E-state index contributed by atoms with van der Waals surface area (Å²) in [4.78, 5) is 9.06. The van der Waals surface area contributed by atoms with Gasteiger partial charge in [-0.05, 0) is 73.0 Å². The number of amidine groups is 1. The molecule has 130 valence electrons. The molecule has 1 unspecified atom stereocenters. The second-order valence-corrected chi connectivity index (χ2v) is 7.77. The van der Waals surface area contributed by atoms with Crippen LogP contribution < -0.4 is 11.1 Å². The van der Waals surface area contributed by atoms with Crippen molar-refractivity contribution >= 4 is 33.8 Å². The molecule has 4 N–H and O–H groups in total. The van der Waals surface area contributed by atoms with Crippen LogP contribution in [-0.2, 0) is 0 Å². The number of thiophene rings is 1. The average molecular weight is 353 g/mol. The van der Waals surface area contributed by atoms with Crippen LogP contribution >= 0.6 is 11.3 Å². The number of piperidine rings is 1. The van der Waals surface area contributed by atoms with Crippen molar-refractivity contribution in [3.63, 3.8) is 0 Å². The number of aliphatic imine (C=N–C) groups is 1. The highest BCUT2D eigenvalue weighted by Gasteiger charge is 2.23. The predicted octanol–water partition coefficient (Wildman–Crippen LogP) is 4.37. The van der Waals surface area contributed by atoms with Gasteiger partial charge in [0.25, 0.3) is 0 Å². The van der Waals surface area contributed by atoms with Crippen LogP contribution in [-0.4, -0.2) is 23.9 Å². The Balaban J connectivity index is 1.66. The Morgan fingerprint density at radius 1 is 1.28 bits per heavy atom. The summed E-state index contributed by atoms with van der Waals surface area (Å²) in [6, 6.07) is 10.3. The predicted molar refractivity (Wildman–Crippen MR) is 107 cm³/mol. The van der Waals surface area contributed by atoms with Crippen molar-refractivity contribution in [1.82, 2.24) is 10.3 Å². The van der Waals surface area contributed by atoms with Crippen molar-refractivity contribution in [2.75, 3.05) is 13.1 Å². The number of fused-ring (bicyclic) bond motifs is 1. The maximum Gasteiger partial charge on any atom is 0.141 e. The molecule has 25 heavy (non-hydrogen) atoms. The van der Waals surface area contributed by atoms with Crippen LogP contribution in [0.1, 0.15) is 36.1 Å². The number of benzene rings is 1. The summed E-state index contributed by atoms with van der Waals surface area (Å²) in [6.07, 6.45) is 4.67. The molecule has 5 heteroatoms. The second kappa shape index (κ2) is 7.02. The van der Waals surface area contributed by atoms with Gasteiger partial charge in [0.15, 0.2) is 0 Å². The molecule has 0 amide bonds. The van der Waals surface area contributed by atoms with Gasteiger partial charge in [-0.15, -0.1) is 11.3 Å². The summed E-state index contributed by atoms with van der Waals surface area (Å²) in [6.45, 7) is 4.61. The number of aromatic amines is 1. The Hall–Kier alpha value is -2.11. The molecule has 0 saturated carbocycles. The van der Waals surface area contributed by atoms with E-state index in [0.29, 0.717) is 11.8 Å². The molecule has 1 saturated heterocycles. The molecule has 1 aromatic carbocycles. The number of hydrogen-bond acceptors (Lipinski definition) is 3. The number of hydrogen-bond donors (Lipinski definition) is 3. The second-order valence-electron chi connectivity index (χ2n) is 6.82. The molecule has 1 aliphatic heterocycles. The van der Waals surface area contributed by atoms with Crippen LogP contribution in [0.15, 0.2) is 46.9 Å². The Labute approximate surface area is 152 Å². The van der Waals surface area contributed by atoms with E-state index in [1.54, 1.807) is 11.3 Å². The molecule has 0 bridgehead atoms. The van der Waals surface area contributed by atoms with E-state index in [2.05, 4.69) is 40.5 Å². The fourth-order valence-electron chi connectivity index (χ4n) is 3.79. The van der Waals surface area contributed by atoms with Crippen molar-refractivity contribution in [2.45, 2.75) is 25.7 Å². The fraction of sp³-hybridized carbons (Fsp3) is 0.350. The molecule has 1 aliphatic rings. The van der Waals surface area contributed by atoms with E-state index in [1.165, 1.54) is 29.3 Å². The smallest absolute Gasteiger partial charge is 0.141 e. The Morgan fingerprint density at radius 3 is 2.88 bits per heavy atom. The normalized spacial score (nSPS) is 17.9. The molecule has 0 radical (unpaired) electrons. The lowest BCUT2D eigenvalue weighted by atomic mass is 9.81. The molecule has 0 aliphatic carbocycles. The van der Waals surface area contributed by atoms with Crippen LogP contribution in [0.4, 0.5) is 5.69 Å². The number of nitrogens with one attached hydrogen (secondary N) is 2. The lowest BCUT2D eigenvalue weighted by Gasteiger charge is -2.28. The highest BCUT2D eigenvalue weighted by atomic mass is 32.1. The van der Waals surface area contributed by atoms with Crippen LogP contribution in [0, 0.1) is 5.92 Å². The van der Waals surface area contributed by atoms with Crippen LogP contribution in [0.2, 0.25) is 0 Å². The van der Waals surface area contributed by atoms with Gasteiger partial charge in [0.2, 0.25) is 0 Å². The van der Waals surface area contributed by atoms with E-state index in [4.69, 9.17) is 5.73 Å². The molecule has 4 rings (SSSR count). The van der Waals surface area contributed by atoms with Crippen LogP contribution in [0.3, 0.4) is 0 Å². The molecule has 2 aromatic heterocycles. The van der Waals surface area contributed by atoms with E-state index < -0.39 is 0 Å². The molecule has 3 aromatic rings. The van der Waals surface area contributed by atoms with Crippen molar-refractivity contribution in [3.05, 3.63) is 52.3 Å². The third-order valence-electron chi connectivity index (χ3n) is 5.30. The van der Waals surface area contributed by atoms with Gasteiger partial charge in [0.05, 0.1) is 10.6 Å². The minimum absolute atomic E-state index is 0.546. The first-order valence-corrected chi connectivity index (χ1v) is 9.80. The number of nitrogens with zero attached hydrogens (tertiary/aromatic N) is 1. The minimum Gasteiger partial charge on any atom is -0.383 e. The fourth-order valence-corrected chi connectivity index (χ4v) is 4.42. The lowest BCUT2D eigenvalue weighted by molar-refractivity contribution is 0.331. The summed E-state index contributed by atoms with van der Waals surface area (Å²) in [5, 5.41) is 6.75. The van der Waals surface area contributed by atoms with Gasteiger partial charge in [-0.1, -0.05) is 13.0 Å². The number of H-pyrrole nitrogens is 1. The highest BCUT2D eigenvalue weighted by Crippen LogP contribution is 2.36. The zero-order valence-electron chi connectivity index (χ0n) is 14.5. The van der Waals surface area contributed by atoms with Crippen LogP contribution in [0.5, 0.6) is 0 Å². The summed E-state index contributed by atoms with van der Waals surface area (Å²) in [7, 11) is 0. The number of nitrogens with two attached hydrogens (primary N) is 1. The molecular weight excluding hydrogens is 328 g/mol. The van der Waals surface area contributed by atoms with E-state index in [-0.39, 0.29) is 0 Å². The van der Waals surface area contributed by atoms with Crippen LogP contribution in [0.25, 0.3) is 10.9 Å². The first kappa shape index (κ1) is 16.4. The van der Waals surface area contributed by atoms with E-state index in [9.17, 15) is 0 Å². The van der Waals surface area contributed by atoms with E-state index in [0.717, 1.165) is 29.6 Å². The minimum atomic E-state index is 0.546. The summed E-state index contributed by atoms with van der Waals surface area (Å²) < 4.78 is 0. The monoisotopic (exact) mass is 352 g/mol. The van der Waals surface area contributed by atoms with E-state index >= 15 is 0 Å². The van der Waals surface area contributed by atoms with E-state index in [1.807, 2.05) is 23.6 Å². The Bertz CT molecular complexity index is 872. The topological polar surface area (TPSA) is 66.2 Å². The third-order valence-corrected chi connectivity index (χ3v) is 6.19. The molecular formula is C20H24N4S. The zero-order chi connectivity index (χ0) is 17.2. The first-order valence-electron chi connectivity index (χ1n) is 8.92. The van der Waals surface area contributed by atoms with Crippen molar-refractivity contribution in [1.29, 1.82) is 0 Å². The van der Waals surface area contributed by atoms with Gasteiger partial charge >= 0.3 is 0 Å². The number of aromatic nitrogens is 1. The SMILES string of the molecule is CC(c1c[nH]c2ccc(N=C(N)c3cccs3)cc12)C1CCNCC1. The van der Waals surface area contributed by atoms with Gasteiger partial charge < -0.3 is 16.0 Å². The average Bonchev–Trinajstić information content (AvgIpc) is 3.31. The summed E-state index contributed by atoms with van der Waals surface area (Å²) >= 11 is 1.61. The van der Waals surface area contributed by atoms with Crippen molar-refractivity contribution < 1.29 is 0 Å². The number of rotatable bonds is 4. The molecule has 3 heterocycles. The maximum absolute atomic E-state index is 6.15. The first-order chi connectivity index (χ1) is 12.2. The molecule has 4 nitrogen and oxygen atoms in total. The maximum atomic E-state index is 6.15. The van der Waals surface area contributed by atoms with Gasteiger partial charge in [0, 0.05) is 17.1 Å². The molecule has 0 spiro atoms. The van der Waals surface area contributed by atoms with Gasteiger partial charge in [-0.25, -0.2) is 4.99 Å². The quantitative estimate of drug-likeness (QED) is 0.482. The summed E-state index contributed by atoms with van der Waals surface area (Å²) in [5.74, 6) is 1.87. The lowest BCUT2D eigenvalue weighted by Crippen LogP contribution is -2.30. The third kappa shape index (κ3) is 3.34. The Morgan fingerprint density at radius 2 is 2.12 bits per heavy atom. The molecule has 1 atom stereocenters. The zero-order valence-corrected chi connectivity index (χ0v) is 15.3. The molecule has 1 fully saturated rings. The van der Waals surface area contributed by atoms with Gasteiger partial charge in [-0.3, -0.25) is 0 Å². The standard InChI is InChI=1S/C20H24N4S/c1-13(14-6-8-22-9-7-14)17-12-23-18-5-4-15(11-16(17)18)24-20(21)19-3-2-10-25-19/h2-5,10-14,22-23H,6-9H2,1H3,(H2,21,24). The summed E-state index contributed by atoms with van der Waals surface area (Å²) in [5.41, 5.74) is 9.63. The Kier molecular flexibility index (Phi) is 4.59. The van der Waals surface area contributed by atoms with Gasteiger partial charge in [0.1, 0.15) is 5.84 Å². The highest BCUT2D eigenvalue weighted by molar-refractivity contribution is 7.12. The largest absolute Gasteiger partial charge is 0.383 e. The van der Waals surface area contributed by atoms with Gasteiger partial charge in [-0.2, -0.15) is 0 Å². The van der Waals surface area contributed by atoms with Crippen molar-refractivity contribution in [3.8, 4) is 0 Å². The van der Waals surface area contributed by atoms with Crippen molar-refractivity contribution in [2.24, 2.45) is 16.6 Å².